The molecule has 134 valence electrons. The van der Waals surface area contributed by atoms with E-state index < -0.39 is 22.0 Å². The average Bonchev–Trinajstić information content (AvgIpc) is 2.93. The van der Waals surface area contributed by atoms with Crippen LogP contribution in [0.1, 0.15) is 21.6 Å². The number of carbonyl (C=O) groups excluding carboxylic acids is 1. The Balaban J connectivity index is 1.69. The minimum atomic E-state index is -3.28. The van der Waals surface area contributed by atoms with E-state index in [-0.39, 0.29) is 11.4 Å². The first-order valence-electron chi connectivity index (χ1n) is 7.74. The standard InChI is InChI=1S/C16H20N4O4S/c1-20-8-11-5-10(6-17-14(11)9-20)15(21)19-16(22)13-4-3-12(7-18-13)25(2,23)24/h3-6,16,18,22H,7-9H2,1-2H3,(H,19,21). The molecular formula is C16H20N4O4S. The predicted octanol–water partition coefficient (Wildman–Crippen LogP) is -0.509. The summed E-state index contributed by atoms with van der Waals surface area (Å²) < 4.78 is 22.9. The number of nitrogens with one attached hydrogen (secondary N) is 2. The molecule has 25 heavy (non-hydrogen) atoms. The molecule has 0 saturated heterocycles. The van der Waals surface area contributed by atoms with Gasteiger partial charge < -0.3 is 15.7 Å². The normalized spacial score (nSPS) is 18.7. The van der Waals surface area contributed by atoms with Crippen LogP contribution in [0.2, 0.25) is 0 Å². The zero-order valence-electron chi connectivity index (χ0n) is 14.0. The van der Waals surface area contributed by atoms with Crippen LogP contribution in [0.15, 0.2) is 35.0 Å². The van der Waals surface area contributed by atoms with Gasteiger partial charge in [0.15, 0.2) is 16.1 Å². The number of sulfone groups is 1. The van der Waals surface area contributed by atoms with Gasteiger partial charge in [0, 0.05) is 25.5 Å². The zero-order valence-corrected chi connectivity index (χ0v) is 14.8. The summed E-state index contributed by atoms with van der Waals surface area (Å²) in [6, 6.07) is 1.78. The lowest BCUT2D eigenvalue weighted by molar-refractivity contribution is 0.0831. The third kappa shape index (κ3) is 3.89. The van der Waals surface area contributed by atoms with Crippen molar-refractivity contribution in [2.24, 2.45) is 0 Å². The maximum absolute atomic E-state index is 12.3. The SMILES string of the molecule is CN1Cc2cc(C(=O)NC(O)C3=CC=C(S(C)(=O)=O)CN3)cnc2C1. The van der Waals surface area contributed by atoms with Crippen LogP contribution < -0.4 is 10.6 Å². The second-order valence-corrected chi connectivity index (χ2v) is 8.33. The molecule has 0 spiro atoms. The molecule has 0 aromatic carbocycles. The summed E-state index contributed by atoms with van der Waals surface area (Å²) in [7, 11) is -1.30. The van der Waals surface area contributed by atoms with Gasteiger partial charge in [0.1, 0.15) is 0 Å². The molecule has 3 N–H and O–H groups in total. The van der Waals surface area contributed by atoms with Crippen molar-refractivity contribution in [3.05, 3.63) is 51.8 Å². The number of amides is 1. The maximum Gasteiger partial charge on any atom is 0.255 e. The Kier molecular flexibility index (Phi) is 4.63. The van der Waals surface area contributed by atoms with E-state index in [2.05, 4.69) is 20.5 Å². The Morgan fingerprint density at radius 1 is 1.40 bits per heavy atom. The number of carbonyl (C=O) groups is 1. The van der Waals surface area contributed by atoms with Crippen LogP contribution in [0, 0.1) is 0 Å². The van der Waals surface area contributed by atoms with Crippen molar-refractivity contribution in [2.45, 2.75) is 19.3 Å². The van der Waals surface area contributed by atoms with Crippen molar-refractivity contribution in [2.75, 3.05) is 19.8 Å². The lowest BCUT2D eigenvalue weighted by atomic mass is 10.1. The molecular weight excluding hydrogens is 344 g/mol. The number of aliphatic hydroxyl groups excluding tert-OH is 1. The highest BCUT2D eigenvalue weighted by Gasteiger charge is 2.22. The minimum absolute atomic E-state index is 0.0737. The number of allylic oxidation sites excluding steroid dienone is 2. The lowest BCUT2D eigenvalue weighted by Crippen LogP contribution is -2.41. The van der Waals surface area contributed by atoms with Crippen LogP contribution in [0.4, 0.5) is 0 Å². The lowest BCUT2D eigenvalue weighted by Gasteiger charge is -2.21. The van der Waals surface area contributed by atoms with Crippen LogP contribution in [-0.4, -0.2) is 55.4 Å². The van der Waals surface area contributed by atoms with Gasteiger partial charge >= 0.3 is 0 Å². The number of dihydropyridines is 1. The number of aromatic nitrogens is 1. The summed E-state index contributed by atoms with van der Waals surface area (Å²) >= 11 is 0. The summed E-state index contributed by atoms with van der Waals surface area (Å²) in [5.74, 6) is -0.446. The first-order valence-corrected chi connectivity index (χ1v) is 9.63. The molecule has 3 heterocycles. The van der Waals surface area contributed by atoms with Gasteiger partial charge in [-0.3, -0.25) is 14.7 Å². The van der Waals surface area contributed by atoms with Gasteiger partial charge in [-0.05, 0) is 30.8 Å². The maximum atomic E-state index is 12.3. The van der Waals surface area contributed by atoms with Crippen LogP contribution in [0.25, 0.3) is 0 Å². The fraction of sp³-hybridized carbons (Fsp3) is 0.375. The van der Waals surface area contributed by atoms with Gasteiger partial charge in [0.2, 0.25) is 0 Å². The molecule has 1 aromatic rings. The smallest absolute Gasteiger partial charge is 0.255 e. The van der Waals surface area contributed by atoms with Gasteiger partial charge in [-0.1, -0.05) is 0 Å². The van der Waals surface area contributed by atoms with Crippen molar-refractivity contribution in [1.82, 2.24) is 20.5 Å². The molecule has 0 radical (unpaired) electrons. The van der Waals surface area contributed by atoms with E-state index in [1.807, 2.05) is 7.05 Å². The van der Waals surface area contributed by atoms with Gasteiger partial charge in [-0.25, -0.2) is 8.42 Å². The summed E-state index contributed by atoms with van der Waals surface area (Å²) in [6.45, 7) is 1.56. The Morgan fingerprint density at radius 2 is 2.16 bits per heavy atom. The predicted molar refractivity (Wildman–Crippen MR) is 91.9 cm³/mol. The van der Waals surface area contributed by atoms with Crippen molar-refractivity contribution in [3.8, 4) is 0 Å². The van der Waals surface area contributed by atoms with Gasteiger partial charge in [0.05, 0.1) is 28.4 Å². The second kappa shape index (κ2) is 6.58. The number of aliphatic hydroxyl groups is 1. The van der Waals surface area contributed by atoms with Gasteiger partial charge in [0.25, 0.3) is 5.91 Å². The number of fused-ring (bicyclic) bond motifs is 1. The quantitative estimate of drug-likeness (QED) is 0.617. The zero-order chi connectivity index (χ0) is 18.2. The largest absolute Gasteiger partial charge is 0.380 e. The number of rotatable bonds is 4. The number of hydrogen-bond donors (Lipinski definition) is 3. The Morgan fingerprint density at radius 3 is 2.80 bits per heavy atom. The summed E-state index contributed by atoms with van der Waals surface area (Å²) in [4.78, 5) is 18.9. The Bertz CT molecular complexity index is 876. The van der Waals surface area contributed by atoms with Crippen LogP contribution >= 0.6 is 0 Å². The fourth-order valence-electron chi connectivity index (χ4n) is 2.76. The van der Waals surface area contributed by atoms with E-state index in [4.69, 9.17) is 0 Å². The minimum Gasteiger partial charge on any atom is -0.380 e. The highest BCUT2D eigenvalue weighted by molar-refractivity contribution is 7.94. The van der Waals surface area contributed by atoms with Gasteiger partial charge in [-0.2, -0.15) is 0 Å². The Labute approximate surface area is 146 Å². The molecule has 2 aliphatic rings. The highest BCUT2D eigenvalue weighted by Crippen LogP contribution is 2.20. The summed E-state index contributed by atoms with van der Waals surface area (Å²) in [5.41, 5.74) is 2.65. The Hall–Kier alpha value is -2.23. The van der Waals surface area contributed by atoms with Crippen LogP contribution in [0.3, 0.4) is 0 Å². The highest BCUT2D eigenvalue weighted by atomic mass is 32.2. The number of nitrogens with zero attached hydrogens (tertiary/aromatic N) is 2. The van der Waals surface area contributed by atoms with Crippen LogP contribution in [-0.2, 0) is 22.9 Å². The van der Waals surface area contributed by atoms with Crippen molar-refractivity contribution in [3.63, 3.8) is 0 Å². The molecule has 9 heteroatoms. The van der Waals surface area contributed by atoms with E-state index in [1.54, 1.807) is 6.07 Å². The molecule has 2 aliphatic heterocycles. The van der Waals surface area contributed by atoms with E-state index in [0.717, 1.165) is 30.6 Å². The van der Waals surface area contributed by atoms with Crippen molar-refractivity contribution < 1.29 is 18.3 Å². The molecule has 1 amide bonds. The molecule has 0 fully saturated rings. The van der Waals surface area contributed by atoms with Crippen molar-refractivity contribution >= 4 is 15.7 Å². The van der Waals surface area contributed by atoms with Gasteiger partial charge in [-0.15, -0.1) is 0 Å². The molecule has 8 nitrogen and oxygen atoms in total. The second-order valence-electron chi connectivity index (χ2n) is 6.26. The third-order valence-electron chi connectivity index (χ3n) is 4.14. The third-order valence-corrected chi connectivity index (χ3v) is 5.37. The molecule has 0 bridgehead atoms. The molecule has 0 aliphatic carbocycles. The monoisotopic (exact) mass is 364 g/mol. The van der Waals surface area contributed by atoms with E-state index >= 15 is 0 Å². The van der Waals surface area contributed by atoms with E-state index in [1.165, 1.54) is 18.3 Å². The summed E-state index contributed by atoms with van der Waals surface area (Å²) in [6.07, 6.45) is 4.21. The molecule has 3 rings (SSSR count). The summed E-state index contributed by atoms with van der Waals surface area (Å²) in [5, 5.41) is 15.4. The molecule has 1 aromatic heterocycles. The fourth-order valence-corrected chi connectivity index (χ4v) is 3.41. The first-order chi connectivity index (χ1) is 11.7. The molecule has 0 saturated carbocycles. The average molecular weight is 364 g/mol. The topological polar surface area (TPSA) is 112 Å². The molecule has 1 atom stereocenters. The van der Waals surface area contributed by atoms with Crippen molar-refractivity contribution in [1.29, 1.82) is 0 Å². The van der Waals surface area contributed by atoms with E-state index in [0.29, 0.717) is 11.3 Å². The van der Waals surface area contributed by atoms with E-state index in [9.17, 15) is 18.3 Å². The first kappa shape index (κ1) is 17.6. The molecule has 1 unspecified atom stereocenters. The number of pyridine rings is 1. The van der Waals surface area contributed by atoms with Crippen LogP contribution in [0.5, 0.6) is 0 Å². The number of hydrogen-bond acceptors (Lipinski definition) is 7.